The molecule has 3 nitrogen and oxygen atoms in total. The Bertz CT molecular complexity index is 442. The Morgan fingerprint density at radius 3 is 3.00 bits per heavy atom. The topological polar surface area (TPSA) is 34.2 Å². The molecule has 0 spiro atoms. The maximum absolute atomic E-state index is 5.67. The molecule has 0 aliphatic carbocycles. The van der Waals surface area contributed by atoms with E-state index in [0.717, 1.165) is 12.2 Å². The minimum atomic E-state index is 0.565. The Labute approximate surface area is 105 Å². The normalized spacial score (nSPS) is 10.6. The van der Waals surface area contributed by atoms with Crippen LogP contribution in [0.25, 0.3) is 0 Å². The number of pyridine rings is 1. The van der Waals surface area contributed by atoms with Crippen molar-refractivity contribution < 1.29 is 4.74 Å². The molecule has 0 aliphatic rings. The highest BCUT2D eigenvalue weighted by Crippen LogP contribution is 2.12. The summed E-state index contributed by atoms with van der Waals surface area (Å²) in [5.74, 6) is 0. The second-order valence-electron chi connectivity index (χ2n) is 3.71. The number of thiophene rings is 1. The number of hydrogen-bond donors (Lipinski definition) is 1. The van der Waals surface area contributed by atoms with E-state index in [1.54, 1.807) is 11.3 Å². The van der Waals surface area contributed by atoms with Gasteiger partial charge in [0.15, 0.2) is 0 Å². The predicted molar refractivity (Wildman–Crippen MR) is 69.8 cm³/mol. The van der Waals surface area contributed by atoms with Crippen LogP contribution in [0.3, 0.4) is 0 Å². The molecule has 2 aromatic heterocycles. The summed E-state index contributed by atoms with van der Waals surface area (Å²) in [6, 6.07) is 8.15. The van der Waals surface area contributed by atoms with Crippen LogP contribution in [0.2, 0.25) is 0 Å². The Balaban J connectivity index is 1.89. The zero-order valence-electron chi connectivity index (χ0n) is 9.85. The second-order valence-corrected chi connectivity index (χ2v) is 4.74. The maximum Gasteiger partial charge on any atom is 0.0896 e. The molecule has 0 fully saturated rings. The van der Waals surface area contributed by atoms with E-state index in [2.05, 4.69) is 27.8 Å². The third-order valence-electron chi connectivity index (χ3n) is 2.41. The fraction of sp³-hybridized carbons (Fsp3) is 0.308. The minimum Gasteiger partial charge on any atom is -0.370 e. The van der Waals surface area contributed by atoms with Crippen LogP contribution >= 0.6 is 11.3 Å². The Morgan fingerprint density at radius 2 is 2.24 bits per heavy atom. The number of ether oxygens (including phenoxy) is 1. The average Bonchev–Trinajstić information content (AvgIpc) is 2.85. The lowest BCUT2D eigenvalue weighted by atomic mass is 10.2. The highest BCUT2D eigenvalue weighted by Gasteiger charge is 2.03. The summed E-state index contributed by atoms with van der Waals surface area (Å²) in [6.07, 6.45) is 1.81. The third-order valence-corrected chi connectivity index (χ3v) is 3.26. The highest BCUT2D eigenvalue weighted by atomic mass is 32.1. The largest absolute Gasteiger partial charge is 0.370 e. The van der Waals surface area contributed by atoms with Gasteiger partial charge in [-0.3, -0.25) is 4.98 Å². The van der Waals surface area contributed by atoms with Gasteiger partial charge >= 0.3 is 0 Å². The maximum atomic E-state index is 5.67. The lowest BCUT2D eigenvalue weighted by molar-refractivity contribution is 0.106. The summed E-state index contributed by atoms with van der Waals surface area (Å²) >= 11 is 1.71. The van der Waals surface area contributed by atoms with Crippen molar-refractivity contribution in [3.05, 3.63) is 52.0 Å². The summed E-state index contributed by atoms with van der Waals surface area (Å²) in [7, 11) is 1.93. The van der Waals surface area contributed by atoms with Crippen LogP contribution in [0.5, 0.6) is 0 Å². The number of nitrogens with zero attached hydrogens (tertiary/aromatic N) is 1. The van der Waals surface area contributed by atoms with Crippen LogP contribution in [0.4, 0.5) is 0 Å². The van der Waals surface area contributed by atoms with E-state index in [1.165, 1.54) is 10.4 Å². The van der Waals surface area contributed by atoms with Crippen molar-refractivity contribution in [1.29, 1.82) is 0 Å². The molecule has 17 heavy (non-hydrogen) atoms. The smallest absolute Gasteiger partial charge is 0.0896 e. The number of hydrogen-bond acceptors (Lipinski definition) is 4. The van der Waals surface area contributed by atoms with Crippen molar-refractivity contribution in [1.82, 2.24) is 10.3 Å². The van der Waals surface area contributed by atoms with Gasteiger partial charge in [-0.25, -0.2) is 0 Å². The molecule has 0 atom stereocenters. The van der Waals surface area contributed by atoms with E-state index >= 15 is 0 Å². The van der Waals surface area contributed by atoms with Crippen LogP contribution in [0.15, 0.2) is 35.8 Å². The SMILES string of the molecule is CNCc1cccnc1COCc1cccs1. The minimum absolute atomic E-state index is 0.565. The van der Waals surface area contributed by atoms with E-state index in [0.29, 0.717) is 13.2 Å². The standard InChI is InChI=1S/C13H16N2OS/c1-14-8-11-4-2-6-15-13(11)10-16-9-12-5-3-7-17-12/h2-7,14H,8-10H2,1H3. The van der Waals surface area contributed by atoms with Crippen LogP contribution in [-0.4, -0.2) is 12.0 Å². The van der Waals surface area contributed by atoms with Gasteiger partial charge in [0.1, 0.15) is 0 Å². The van der Waals surface area contributed by atoms with Crippen molar-refractivity contribution in [3.63, 3.8) is 0 Å². The first-order valence-corrected chi connectivity index (χ1v) is 6.45. The molecular weight excluding hydrogens is 232 g/mol. The molecule has 4 heteroatoms. The molecule has 90 valence electrons. The summed E-state index contributed by atoms with van der Waals surface area (Å²) in [5, 5.41) is 5.20. The molecule has 0 amide bonds. The molecule has 0 radical (unpaired) electrons. The molecule has 1 N–H and O–H groups in total. The zero-order chi connectivity index (χ0) is 11.9. The summed E-state index contributed by atoms with van der Waals surface area (Å²) in [4.78, 5) is 5.60. The molecule has 0 unspecified atom stereocenters. The Hall–Kier alpha value is -1.23. The van der Waals surface area contributed by atoms with E-state index < -0.39 is 0 Å². The lowest BCUT2D eigenvalue weighted by Crippen LogP contribution is -2.09. The van der Waals surface area contributed by atoms with Crippen molar-refractivity contribution in [2.24, 2.45) is 0 Å². The molecular formula is C13H16N2OS. The Kier molecular flexibility index (Phi) is 4.67. The van der Waals surface area contributed by atoms with Gasteiger partial charge in [-0.2, -0.15) is 0 Å². The molecule has 0 saturated heterocycles. The van der Waals surface area contributed by atoms with Crippen LogP contribution in [0, 0.1) is 0 Å². The molecule has 0 bridgehead atoms. The van der Waals surface area contributed by atoms with Gasteiger partial charge in [0.2, 0.25) is 0 Å². The van der Waals surface area contributed by atoms with Gasteiger partial charge in [-0.15, -0.1) is 11.3 Å². The number of nitrogens with one attached hydrogen (secondary N) is 1. The number of aromatic nitrogens is 1. The fourth-order valence-electron chi connectivity index (χ4n) is 1.60. The monoisotopic (exact) mass is 248 g/mol. The van der Waals surface area contributed by atoms with Gasteiger partial charge in [-0.1, -0.05) is 12.1 Å². The second kappa shape index (κ2) is 6.49. The summed E-state index contributed by atoms with van der Waals surface area (Å²) < 4.78 is 5.67. The third kappa shape index (κ3) is 3.63. The lowest BCUT2D eigenvalue weighted by Gasteiger charge is -2.08. The first-order chi connectivity index (χ1) is 8.40. The van der Waals surface area contributed by atoms with E-state index in [-0.39, 0.29) is 0 Å². The fourth-order valence-corrected chi connectivity index (χ4v) is 2.24. The van der Waals surface area contributed by atoms with Gasteiger partial charge < -0.3 is 10.1 Å². The summed E-state index contributed by atoms with van der Waals surface area (Å²) in [6.45, 7) is 2.05. The molecule has 0 aromatic carbocycles. The quantitative estimate of drug-likeness (QED) is 0.853. The van der Waals surface area contributed by atoms with Crippen molar-refractivity contribution >= 4 is 11.3 Å². The number of rotatable bonds is 6. The van der Waals surface area contributed by atoms with E-state index in [1.807, 2.05) is 25.4 Å². The van der Waals surface area contributed by atoms with Gasteiger partial charge in [-0.05, 0) is 30.1 Å². The first kappa shape index (κ1) is 12.2. The average molecular weight is 248 g/mol. The highest BCUT2D eigenvalue weighted by molar-refractivity contribution is 7.09. The van der Waals surface area contributed by atoms with Gasteiger partial charge in [0.05, 0.1) is 18.9 Å². The van der Waals surface area contributed by atoms with Gasteiger partial charge in [0.25, 0.3) is 0 Å². The Morgan fingerprint density at radius 1 is 1.29 bits per heavy atom. The molecule has 2 aromatic rings. The molecule has 2 rings (SSSR count). The molecule has 0 saturated carbocycles. The van der Waals surface area contributed by atoms with Gasteiger partial charge in [0, 0.05) is 17.6 Å². The predicted octanol–water partition coefficient (Wildman–Crippen LogP) is 2.58. The summed E-state index contributed by atoms with van der Waals surface area (Å²) in [5.41, 5.74) is 2.21. The van der Waals surface area contributed by atoms with Crippen molar-refractivity contribution in [3.8, 4) is 0 Å². The van der Waals surface area contributed by atoms with Crippen LogP contribution in [-0.2, 0) is 24.5 Å². The van der Waals surface area contributed by atoms with E-state index in [9.17, 15) is 0 Å². The van der Waals surface area contributed by atoms with Crippen molar-refractivity contribution in [2.45, 2.75) is 19.8 Å². The molecule has 2 heterocycles. The molecule has 0 aliphatic heterocycles. The van der Waals surface area contributed by atoms with E-state index in [4.69, 9.17) is 4.74 Å². The van der Waals surface area contributed by atoms with Crippen LogP contribution < -0.4 is 5.32 Å². The van der Waals surface area contributed by atoms with Crippen molar-refractivity contribution in [2.75, 3.05) is 7.05 Å². The van der Waals surface area contributed by atoms with Crippen LogP contribution in [0.1, 0.15) is 16.1 Å². The first-order valence-electron chi connectivity index (χ1n) is 5.57. The zero-order valence-corrected chi connectivity index (χ0v) is 10.7.